The molecular weight excluding hydrogens is 164 g/mol. The van der Waals surface area contributed by atoms with Crippen LogP contribution in [0.4, 0.5) is 0 Å². The summed E-state index contributed by atoms with van der Waals surface area (Å²) in [5.74, 6) is 0.793. The van der Waals surface area contributed by atoms with Gasteiger partial charge in [0.05, 0.1) is 6.10 Å². The van der Waals surface area contributed by atoms with E-state index >= 15 is 0 Å². The molecule has 78 valence electrons. The molecule has 0 saturated carbocycles. The van der Waals surface area contributed by atoms with Crippen molar-refractivity contribution in [1.29, 1.82) is 0 Å². The van der Waals surface area contributed by atoms with Crippen LogP contribution in [0, 0.1) is 5.92 Å². The molecule has 0 aliphatic carbocycles. The van der Waals surface area contributed by atoms with Crippen LogP contribution in [0.2, 0.25) is 0 Å². The van der Waals surface area contributed by atoms with E-state index in [1.165, 1.54) is 0 Å². The van der Waals surface area contributed by atoms with Gasteiger partial charge in [0, 0.05) is 32.2 Å². The second kappa shape index (κ2) is 4.94. The molecule has 1 atom stereocenters. The Morgan fingerprint density at radius 2 is 2.00 bits per heavy atom. The lowest BCUT2D eigenvalue weighted by Crippen LogP contribution is -2.53. The smallest absolute Gasteiger partial charge is 0.0639 e. The summed E-state index contributed by atoms with van der Waals surface area (Å²) in [6.07, 6.45) is -0.181. The number of aliphatic hydroxyl groups excluding tert-OH is 1. The van der Waals surface area contributed by atoms with E-state index in [4.69, 9.17) is 5.11 Å². The third-order valence-corrected chi connectivity index (χ3v) is 2.37. The van der Waals surface area contributed by atoms with Crippen LogP contribution in [0.15, 0.2) is 0 Å². The lowest BCUT2D eigenvalue weighted by Gasteiger charge is -2.40. The zero-order valence-corrected chi connectivity index (χ0v) is 8.95. The monoisotopic (exact) mass is 186 g/mol. The van der Waals surface area contributed by atoms with Crippen molar-refractivity contribution in [2.75, 3.05) is 26.2 Å². The van der Waals surface area contributed by atoms with Gasteiger partial charge in [-0.1, -0.05) is 13.8 Å². The zero-order valence-electron chi connectivity index (χ0n) is 8.95. The van der Waals surface area contributed by atoms with E-state index < -0.39 is 0 Å². The Morgan fingerprint density at radius 1 is 1.38 bits per heavy atom. The summed E-state index contributed by atoms with van der Waals surface area (Å²) < 4.78 is 0. The third kappa shape index (κ3) is 4.07. The number of likely N-dealkylation sites (tertiary alicyclic amines) is 1. The lowest BCUT2D eigenvalue weighted by molar-refractivity contribution is 0.0467. The molecule has 0 radical (unpaired) electrons. The number of hydrogen-bond donors (Lipinski definition) is 2. The minimum absolute atomic E-state index is 0.181. The van der Waals surface area contributed by atoms with E-state index in [0.29, 0.717) is 6.04 Å². The minimum atomic E-state index is -0.181. The minimum Gasteiger partial charge on any atom is -0.392 e. The topological polar surface area (TPSA) is 35.5 Å². The maximum atomic E-state index is 9.13. The van der Waals surface area contributed by atoms with E-state index in [2.05, 4.69) is 24.1 Å². The fourth-order valence-electron chi connectivity index (χ4n) is 1.73. The van der Waals surface area contributed by atoms with E-state index in [1.54, 1.807) is 0 Å². The normalized spacial score (nSPS) is 21.9. The van der Waals surface area contributed by atoms with Crippen molar-refractivity contribution in [2.24, 2.45) is 5.92 Å². The summed E-state index contributed by atoms with van der Waals surface area (Å²) in [5.41, 5.74) is 0. The maximum absolute atomic E-state index is 9.13. The van der Waals surface area contributed by atoms with Crippen molar-refractivity contribution in [2.45, 2.75) is 32.9 Å². The Morgan fingerprint density at radius 3 is 2.46 bits per heavy atom. The average molecular weight is 186 g/mol. The van der Waals surface area contributed by atoms with E-state index in [0.717, 1.165) is 32.1 Å². The van der Waals surface area contributed by atoms with Crippen LogP contribution >= 0.6 is 0 Å². The van der Waals surface area contributed by atoms with Crippen molar-refractivity contribution >= 4 is 0 Å². The Bertz CT molecular complexity index is 142. The first kappa shape index (κ1) is 11.0. The Labute approximate surface area is 81.1 Å². The zero-order chi connectivity index (χ0) is 9.84. The molecule has 3 nitrogen and oxygen atoms in total. The van der Waals surface area contributed by atoms with E-state index in [-0.39, 0.29) is 6.10 Å². The van der Waals surface area contributed by atoms with Gasteiger partial charge in [0.15, 0.2) is 0 Å². The van der Waals surface area contributed by atoms with Gasteiger partial charge in [-0.25, -0.2) is 0 Å². The lowest BCUT2D eigenvalue weighted by atomic mass is 9.99. The summed E-state index contributed by atoms with van der Waals surface area (Å²) in [4.78, 5) is 2.30. The molecule has 13 heavy (non-hydrogen) atoms. The van der Waals surface area contributed by atoms with Gasteiger partial charge in [0.2, 0.25) is 0 Å². The fraction of sp³-hybridized carbons (Fsp3) is 1.00. The molecule has 1 unspecified atom stereocenters. The molecule has 1 aliphatic heterocycles. The quantitative estimate of drug-likeness (QED) is 0.648. The molecule has 0 aromatic carbocycles. The van der Waals surface area contributed by atoms with Gasteiger partial charge in [-0.3, -0.25) is 0 Å². The fourth-order valence-corrected chi connectivity index (χ4v) is 1.73. The van der Waals surface area contributed by atoms with Gasteiger partial charge >= 0.3 is 0 Å². The molecule has 0 aromatic heterocycles. The van der Waals surface area contributed by atoms with Crippen LogP contribution in [-0.2, 0) is 0 Å². The third-order valence-electron chi connectivity index (χ3n) is 2.37. The molecule has 0 bridgehead atoms. The molecule has 3 heteroatoms. The number of hydrogen-bond acceptors (Lipinski definition) is 3. The molecule has 0 aromatic rings. The Kier molecular flexibility index (Phi) is 4.16. The van der Waals surface area contributed by atoms with Crippen molar-refractivity contribution in [3.05, 3.63) is 0 Å². The van der Waals surface area contributed by atoms with Crippen LogP contribution in [0.5, 0.6) is 0 Å². The first-order chi connectivity index (χ1) is 6.08. The highest BCUT2D eigenvalue weighted by Gasteiger charge is 2.26. The average Bonchev–Trinajstić information content (AvgIpc) is 1.92. The summed E-state index contributed by atoms with van der Waals surface area (Å²) in [6.45, 7) is 10.4. The number of aliphatic hydroxyl groups is 1. The standard InChI is InChI=1S/C10H22N2O/c1-8(2)11-4-10-6-12(7-10)5-9(3)13/h8-11,13H,4-7H2,1-3H3. The summed E-state index contributed by atoms with van der Waals surface area (Å²) >= 11 is 0. The van der Waals surface area contributed by atoms with Crippen LogP contribution in [0.25, 0.3) is 0 Å². The molecule has 1 rings (SSSR count). The van der Waals surface area contributed by atoms with Crippen molar-refractivity contribution in [3.8, 4) is 0 Å². The van der Waals surface area contributed by atoms with Gasteiger partial charge in [-0.05, 0) is 12.8 Å². The molecule has 1 fully saturated rings. The largest absolute Gasteiger partial charge is 0.392 e. The molecule has 1 saturated heterocycles. The molecule has 1 aliphatic rings. The van der Waals surface area contributed by atoms with Crippen molar-refractivity contribution in [1.82, 2.24) is 10.2 Å². The molecule has 0 spiro atoms. The van der Waals surface area contributed by atoms with Crippen molar-refractivity contribution < 1.29 is 5.11 Å². The van der Waals surface area contributed by atoms with Crippen LogP contribution < -0.4 is 5.32 Å². The molecule has 0 amide bonds. The number of β-amino-alcohol motifs (C(OH)–C–C–N with tert-alkyl or cyclic N) is 1. The van der Waals surface area contributed by atoms with Gasteiger partial charge in [0.1, 0.15) is 0 Å². The van der Waals surface area contributed by atoms with Crippen molar-refractivity contribution in [3.63, 3.8) is 0 Å². The van der Waals surface area contributed by atoms with Gasteiger partial charge in [0.25, 0.3) is 0 Å². The second-order valence-corrected chi connectivity index (χ2v) is 4.50. The van der Waals surface area contributed by atoms with Gasteiger partial charge < -0.3 is 15.3 Å². The Hall–Kier alpha value is -0.120. The predicted octanol–water partition coefficient (Wildman–Crippen LogP) is 0.297. The molecular formula is C10H22N2O. The first-order valence-corrected chi connectivity index (χ1v) is 5.21. The van der Waals surface area contributed by atoms with Gasteiger partial charge in [-0.2, -0.15) is 0 Å². The van der Waals surface area contributed by atoms with E-state index in [1.807, 2.05) is 6.92 Å². The molecule has 1 heterocycles. The highest BCUT2D eigenvalue weighted by molar-refractivity contribution is 4.82. The summed E-state index contributed by atoms with van der Waals surface area (Å²) in [5, 5.41) is 12.6. The van der Waals surface area contributed by atoms with Crippen LogP contribution in [-0.4, -0.2) is 48.3 Å². The van der Waals surface area contributed by atoms with Crippen LogP contribution in [0.3, 0.4) is 0 Å². The SMILES string of the molecule is CC(O)CN1CC(CNC(C)C)C1. The highest BCUT2D eigenvalue weighted by atomic mass is 16.3. The highest BCUT2D eigenvalue weighted by Crippen LogP contribution is 2.14. The molecule has 2 N–H and O–H groups in total. The maximum Gasteiger partial charge on any atom is 0.0639 e. The predicted molar refractivity (Wildman–Crippen MR) is 54.7 cm³/mol. The first-order valence-electron chi connectivity index (χ1n) is 5.21. The number of rotatable bonds is 5. The Balaban J connectivity index is 1.98. The van der Waals surface area contributed by atoms with Crippen LogP contribution in [0.1, 0.15) is 20.8 Å². The van der Waals surface area contributed by atoms with Gasteiger partial charge in [-0.15, -0.1) is 0 Å². The second-order valence-electron chi connectivity index (χ2n) is 4.50. The summed E-state index contributed by atoms with van der Waals surface area (Å²) in [7, 11) is 0. The summed E-state index contributed by atoms with van der Waals surface area (Å²) in [6, 6.07) is 0.589. The number of nitrogens with one attached hydrogen (secondary N) is 1. The van der Waals surface area contributed by atoms with E-state index in [9.17, 15) is 0 Å². The number of nitrogens with zero attached hydrogens (tertiary/aromatic N) is 1.